The van der Waals surface area contributed by atoms with Crippen molar-refractivity contribution < 1.29 is 9.53 Å². The van der Waals surface area contributed by atoms with Gasteiger partial charge in [-0.15, -0.1) is 5.10 Å². The highest BCUT2D eigenvalue weighted by Gasteiger charge is 2.34. The summed E-state index contributed by atoms with van der Waals surface area (Å²) in [5.74, 6) is 1.21. The Balaban J connectivity index is 1.54. The molecule has 6 nitrogen and oxygen atoms in total. The van der Waals surface area contributed by atoms with Crippen LogP contribution in [0.25, 0.3) is 5.70 Å². The number of para-hydroxylation sites is 1. The number of nitrogens with zero attached hydrogens (tertiary/aromatic N) is 3. The van der Waals surface area contributed by atoms with E-state index in [4.69, 9.17) is 26.4 Å². The quantitative estimate of drug-likeness (QED) is 0.608. The van der Waals surface area contributed by atoms with E-state index >= 15 is 0 Å². The highest BCUT2D eigenvalue weighted by Crippen LogP contribution is 2.32. The van der Waals surface area contributed by atoms with Crippen molar-refractivity contribution in [2.24, 2.45) is 10.1 Å². The molecule has 33 heavy (non-hydrogen) atoms. The Kier molecular flexibility index (Phi) is 6.07. The number of rotatable bonds is 5. The molecule has 0 aromatic heterocycles. The summed E-state index contributed by atoms with van der Waals surface area (Å²) < 4.78 is 5.69. The average Bonchev–Trinajstić information content (AvgIpc) is 2.83. The van der Waals surface area contributed by atoms with Crippen molar-refractivity contribution >= 4 is 40.1 Å². The number of thioether (sulfide) groups is 1. The Labute approximate surface area is 200 Å². The zero-order valence-electron chi connectivity index (χ0n) is 17.9. The van der Waals surface area contributed by atoms with E-state index in [0.717, 1.165) is 27.5 Å². The topological polar surface area (TPSA) is 66.3 Å². The van der Waals surface area contributed by atoms with Gasteiger partial charge in [0.2, 0.25) is 0 Å². The van der Waals surface area contributed by atoms with Crippen LogP contribution >= 0.6 is 23.4 Å². The fraction of sp³-hybridized carbons (Fsp3) is 0.160. The van der Waals surface area contributed by atoms with E-state index in [9.17, 15) is 4.79 Å². The summed E-state index contributed by atoms with van der Waals surface area (Å²) in [4.78, 5) is 18.2. The molecule has 2 aliphatic rings. The van der Waals surface area contributed by atoms with Crippen molar-refractivity contribution in [3.05, 3.63) is 99.5 Å². The first-order valence-corrected chi connectivity index (χ1v) is 11.9. The molecule has 3 aromatic carbocycles. The van der Waals surface area contributed by atoms with E-state index in [1.807, 2.05) is 79.7 Å². The zero-order chi connectivity index (χ0) is 22.8. The van der Waals surface area contributed by atoms with Crippen LogP contribution in [-0.4, -0.2) is 22.7 Å². The maximum atomic E-state index is 13.2. The summed E-state index contributed by atoms with van der Waals surface area (Å²) >= 11 is 7.45. The van der Waals surface area contributed by atoms with Crippen molar-refractivity contribution in [3.8, 4) is 5.75 Å². The lowest BCUT2D eigenvalue weighted by Crippen LogP contribution is -2.50. The summed E-state index contributed by atoms with van der Waals surface area (Å²) in [5.41, 5.74) is 2.47. The Bertz CT molecular complexity index is 1360. The Morgan fingerprint density at radius 3 is 2.73 bits per heavy atom. The molecule has 0 radical (unpaired) electrons. The number of ether oxygens (including phenoxy) is 1. The molecule has 0 spiro atoms. The molecule has 0 fully saturated rings. The minimum Gasteiger partial charge on any atom is -0.494 e. The second kappa shape index (κ2) is 9.29. The van der Waals surface area contributed by atoms with Gasteiger partial charge < -0.3 is 4.74 Å². The lowest BCUT2D eigenvalue weighted by Gasteiger charge is -2.34. The molecule has 166 valence electrons. The number of fused-ring (bicyclic) bond motifs is 2. The van der Waals surface area contributed by atoms with E-state index in [1.165, 1.54) is 11.8 Å². The number of hydrogen-bond acceptors (Lipinski definition) is 6. The number of hydrogen-bond donors (Lipinski definition) is 1. The van der Waals surface area contributed by atoms with Gasteiger partial charge in [0.05, 0.1) is 12.0 Å². The van der Waals surface area contributed by atoms with E-state index in [-0.39, 0.29) is 5.91 Å². The number of halogens is 1. The van der Waals surface area contributed by atoms with Crippen molar-refractivity contribution in [1.82, 2.24) is 10.3 Å². The Hall–Kier alpha value is -3.29. The smallest absolute Gasteiger partial charge is 0.276 e. The van der Waals surface area contributed by atoms with Crippen LogP contribution in [0.5, 0.6) is 5.75 Å². The molecule has 8 heteroatoms. The monoisotopic (exact) mass is 476 g/mol. The predicted molar refractivity (Wildman–Crippen MR) is 131 cm³/mol. The lowest BCUT2D eigenvalue weighted by atomic mass is 10.1. The first-order valence-electron chi connectivity index (χ1n) is 10.6. The maximum absolute atomic E-state index is 13.2. The number of carbonyl (C=O) groups is 1. The van der Waals surface area contributed by atoms with Gasteiger partial charge in [-0.2, -0.15) is 0 Å². The van der Waals surface area contributed by atoms with Crippen LogP contribution < -0.4 is 20.6 Å². The number of benzene rings is 3. The predicted octanol–water partition coefficient (Wildman–Crippen LogP) is 3.82. The molecule has 0 saturated carbocycles. The largest absolute Gasteiger partial charge is 0.494 e. The van der Waals surface area contributed by atoms with Crippen LogP contribution in [0.2, 0.25) is 5.02 Å². The van der Waals surface area contributed by atoms with Crippen LogP contribution in [0.15, 0.2) is 82.9 Å². The van der Waals surface area contributed by atoms with Gasteiger partial charge in [0, 0.05) is 21.6 Å². The molecule has 0 saturated heterocycles. The third-order valence-electron chi connectivity index (χ3n) is 5.27. The summed E-state index contributed by atoms with van der Waals surface area (Å²) in [6.45, 7) is 2.52. The van der Waals surface area contributed by atoms with Crippen molar-refractivity contribution in [2.75, 3.05) is 6.61 Å². The van der Waals surface area contributed by atoms with Crippen molar-refractivity contribution in [2.45, 2.75) is 18.8 Å². The third-order valence-corrected chi connectivity index (χ3v) is 6.46. The van der Waals surface area contributed by atoms with Crippen molar-refractivity contribution in [3.63, 3.8) is 0 Å². The SMILES string of the molecule is CCOc1cccc([C@H]2N=c3ccccc3=C3C(=O)NC(SCc4ccc(Cl)cc4)=NN32)c1. The molecule has 0 aliphatic carbocycles. The molecule has 1 amide bonds. The van der Waals surface area contributed by atoms with Gasteiger partial charge in [-0.05, 0) is 42.8 Å². The van der Waals surface area contributed by atoms with Gasteiger partial charge >= 0.3 is 0 Å². The second-order valence-corrected chi connectivity index (χ2v) is 8.89. The molecule has 2 heterocycles. The number of amides is 1. The molecule has 5 rings (SSSR count). The van der Waals surface area contributed by atoms with E-state index in [1.54, 1.807) is 5.01 Å². The summed E-state index contributed by atoms with van der Waals surface area (Å²) in [6.07, 6.45) is -0.479. The van der Waals surface area contributed by atoms with Crippen molar-refractivity contribution in [1.29, 1.82) is 0 Å². The highest BCUT2D eigenvalue weighted by atomic mass is 35.5. The highest BCUT2D eigenvalue weighted by molar-refractivity contribution is 8.13. The van der Waals surface area contributed by atoms with E-state index < -0.39 is 6.17 Å². The van der Waals surface area contributed by atoms with Gasteiger partial charge in [-0.1, -0.05) is 65.8 Å². The molecular weight excluding hydrogens is 456 g/mol. The molecule has 2 aliphatic heterocycles. The van der Waals surface area contributed by atoms with E-state index in [2.05, 4.69) is 5.32 Å². The lowest BCUT2D eigenvalue weighted by molar-refractivity contribution is -0.116. The minimum absolute atomic E-state index is 0.197. The fourth-order valence-corrected chi connectivity index (χ4v) is 4.71. The summed E-state index contributed by atoms with van der Waals surface area (Å²) in [6, 6.07) is 23.0. The fourth-order valence-electron chi connectivity index (χ4n) is 3.77. The first-order chi connectivity index (χ1) is 16.1. The van der Waals surface area contributed by atoms with Gasteiger partial charge in [0.25, 0.3) is 5.91 Å². The minimum atomic E-state index is -0.479. The molecule has 1 atom stereocenters. The number of hydrazone groups is 1. The van der Waals surface area contributed by atoms with Crippen LogP contribution in [0, 0.1) is 0 Å². The number of carbonyl (C=O) groups excluding carboxylic acids is 1. The van der Waals surface area contributed by atoms with Gasteiger partial charge in [-0.3, -0.25) is 15.1 Å². The normalized spacial score (nSPS) is 16.8. The molecule has 3 aromatic rings. The first kappa shape index (κ1) is 21.6. The second-order valence-electron chi connectivity index (χ2n) is 7.49. The summed E-state index contributed by atoms with van der Waals surface area (Å²) in [7, 11) is 0. The number of nitrogens with one attached hydrogen (secondary N) is 1. The standard InChI is InChI=1S/C25H21ClN4O2S/c1-2-32-19-7-5-6-17(14-19)23-27-21-9-4-3-8-20(21)22-24(31)28-25(29-30(22)23)33-15-16-10-12-18(26)13-11-16/h3-14,23H,2,15H2,1H3,(H,28,29,31)/t23-/m0/s1. The molecule has 0 unspecified atom stereocenters. The van der Waals surface area contributed by atoms with Gasteiger partial charge in [0.1, 0.15) is 11.4 Å². The van der Waals surface area contributed by atoms with Crippen LogP contribution in [-0.2, 0) is 10.5 Å². The van der Waals surface area contributed by atoms with Crippen LogP contribution in [0.4, 0.5) is 0 Å². The molecule has 0 bridgehead atoms. The van der Waals surface area contributed by atoms with Gasteiger partial charge in [0.15, 0.2) is 11.3 Å². The van der Waals surface area contributed by atoms with Gasteiger partial charge in [-0.25, -0.2) is 5.01 Å². The number of amidine groups is 1. The zero-order valence-corrected chi connectivity index (χ0v) is 19.4. The molecular formula is C25H21ClN4O2S. The maximum Gasteiger partial charge on any atom is 0.276 e. The van der Waals surface area contributed by atoms with E-state index in [0.29, 0.717) is 28.2 Å². The average molecular weight is 477 g/mol. The Morgan fingerprint density at radius 1 is 1.09 bits per heavy atom. The van der Waals surface area contributed by atoms with Crippen LogP contribution in [0.1, 0.15) is 24.2 Å². The van der Waals surface area contributed by atoms with Crippen LogP contribution in [0.3, 0.4) is 0 Å². The Morgan fingerprint density at radius 2 is 1.91 bits per heavy atom. The molecule has 1 N–H and O–H groups in total. The third kappa shape index (κ3) is 4.47. The summed E-state index contributed by atoms with van der Waals surface area (Å²) in [5, 5.41) is 12.2.